The van der Waals surface area contributed by atoms with Crippen LogP contribution in [0.1, 0.15) is 5.76 Å². The van der Waals surface area contributed by atoms with Crippen LogP contribution in [0, 0.1) is 0 Å². The molecule has 3 aromatic rings. The lowest BCUT2D eigenvalue weighted by molar-refractivity contribution is -0.121. The number of hydrogen-bond acceptors (Lipinski definition) is 5. The fourth-order valence-electron chi connectivity index (χ4n) is 2.74. The van der Waals surface area contributed by atoms with Crippen molar-refractivity contribution in [2.75, 3.05) is 6.54 Å². The van der Waals surface area contributed by atoms with Crippen molar-refractivity contribution in [3.05, 3.63) is 88.7 Å². The standard InChI is InChI=1S/C22H16BrN3O2S/c1-2-12-26-21(27)20(29-22(26)25-17-4-3-11-24-14-17)13-18-9-10-19(28-18)15-5-7-16(23)8-6-15/h2-11,13-14H,1,12H2/b20-13+,25-22?. The summed E-state index contributed by atoms with van der Waals surface area (Å²) >= 11 is 4.74. The van der Waals surface area contributed by atoms with Gasteiger partial charge in [-0.15, -0.1) is 6.58 Å². The molecule has 0 unspecified atom stereocenters. The van der Waals surface area contributed by atoms with E-state index in [1.54, 1.807) is 29.4 Å². The first kappa shape index (κ1) is 19.4. The fraction of sp³-hybridized carbons (Fsp3) is 0.0455. The third kappa shape index (κ3) is 4.41. The summed E-state index contributed by atoms with van der Waals surface area (Å²) < 4.78 is 6.93. The number of pyridine rings is 1. The minimum absolute atomic E-state index is 0.126. The van der Waals surface area contributed by atoms with Crippen molar-refractivity contribution in [3.63, 3.8) is 0 Å². The maximum absolute atomic E-state index is 12.9. The lowest BCUT2D eigenvalue weighted by Gasteiger charge is -2.12. The zero-order valence-electron chi connectivity index (χ0n) is 15.3. The second-order valence-electron chi connectivity index (χ2n) is 6.13. The van der Waals surface area contributed by atoms with Crippen LogP contribution in [-0.4, -0.2) is 27.5 Å². The first-order valence-corrected chi connectivity index (χ1v) is 10.4. The predicted molar refractivity (Wildman–Crippen MR) is 121 cm³/mol. The maximum atomic E-state index is 12.9. The van der Waals surface area contributed by atoms with Gasteiger partial charge in [-0.25, -0.2) is 4.99 Å². The third-order valence-electron chi connectivity index (χ3n) is 4.10. The number of benzene rings is 1. The molecule has 0 N–H and O–H groups in total. The molecule has 1 fully saturated rings. The zero-order chi connectivity index (χ0) is 20.2. The van der Waals surface area contributed by atoms with Crippen LogP contribution >= 0.6 is 27.7 Å². The Morgan fingerprint density at radius 1 is 1.21 bits per heavy atom. The molecule has 1 amide bonds. The number of aliphatic imine (C=N–C) groups is 1. The number of aromatic nitrogens is 1. The maximum Gasteiger partial charge on any atom is 0.267 e. The summed E-state index contributed by atoms with van der Waals surface area (Å²) in [6.07, 6.45) is 6.77. The zero-order valence-corrected chi connectivity index (χ0v) is 17.7. The molecule has 2 aromatic heterocycles. The number of rotatable bonds is 5. The van der Waals surface area contributed by atoms with Crippen molar-refractivity contribution in [2.45, 2.75) is 0 Å². The van der Waals surface area contributed by atoms with E-state index in [-0.39, 0.29) is 5.91 Å². The number of amides is 1. The number of furan rings is 1. The van der Waals surface area contributed by atoms with E-state index in [2.05, 4.69) is 32.5 Å². The molecule has 0 atom stereocenters. The van der Waals surface area contributed by atoms with Gasteiger partial charge in [0.05, 0.1) is 16.8 Å². The van der Waals surface area contributed by atoms with Crippen LogP contribution in [-0.2, 0) is 4.79 Å². The lowest BCUT2D eigenvalue weighted by Crippen LogP contribution is -2.29. The quantitative estimate of drug-likeness (QED) is 0.347. The number of carbonyl (C=O) groups is 1. The highest BCUT2D eigenvalue weighted by Crippen LogP contribution is 2.35. The topological polar surface area (TPSA) is 58.7 Å². The van der Waals surface area contributed by atoms with Gasteiger partial charge < -0.3 is 4.42 Å². The van der Waals surface area contributed by atoms with Crippen LogP contribution < -0.4 is 0 Å². The number of carbonyl (C=O) groups excluding carboxylic acids is 1. The van der Waals surface area contributed by atoms with E-state index in [9.17, 15) is 4.79 Å². The highest BCUT2D eigenvalue weighted by atomic mass is 79.9. The molecule has 5 nitrogen and oxygen atoms in total. The summed E-state index contributed by atoms with van der Waals surface area (Å²) in [5, 5.41) is 0.592. The minimum Gasteiger partial charge on any atom is -0.457 e. The van der Waals surface area contributed by atoms with E-state index in [0.717, 1.165) is 15.8 Å². The summed E-state index contributed by atoms with van der Waals surface area (Å²) in [7, 11) is 0. The molecule has 0 saturated carbocycles. The molecule has 7 heteroatoms. The molecule has 0 radical (unpaired) electrons. The van der Waals surface area contributed by atoms with Crippen molar-refractivity contribution < 1.29 is 9.21 Å². The largest absolute Gasteiger partial charge is 0.457 e. The van der Waals surface area contributed by atoms with Gasteiger partial charge in [0.2, 0.25) is 0 Å². The Morgan fingerprint density at radius 3 is 2.76 bits per heavy atom. The third-order valence-corrected chi connectivity index (χ3v) is 5.63. The van der Waals surface area contributed by atoms with Gasteiger partial charge >= 0.3 is 0 Å². The van der Waals surface area contributed by atoms with Gasteiger partial charge in [0.15, 0.2) is 5.17 Å². The normalized spacial score (nSPS) is 16.7. The van der Waals surface area contributed by atoms with Crippen molar-refractivity contribution in [3.8, 4) is 11.3 Å². The SMILES string of the molecule is C=CCN1C(=O)/C(=C\c2ccc(-c3ccc(Br)cc3)o2)SC1=Nc1cccnc1. The van der Waals surface area contributed by atoms with Crippen LogP contribution in [0.25, 0.3) is 17.4 Å². The highest BCUT2D eigenvalue weighted by Gasteiger charge is 2.32. The lowest BCUT2D eigenvalue weighted by atomic mass is 10.2. The Bertz CT molecular complexity index is 1100. The summed E-state index contributed by atoms with van der Waals surface area (Å²) in [5.74, 6) is 1.23. The first-order chi connectivity index (χ1) is 14.1. The van der Waals surface area contributed by atoms with Crippen LogP contribution in [0.4, 0.5) is 5.69 Å². The van der Waals surface area contributed by atoms with Crippen molar-refractivity contribution in [2.24, 2.45) is 4.99 Å². The average Bonchev–Trinajstić information content (AvgIpc) is 3.30. The molecule has 29 heavy (non-hydrogen) atoms. The smallest absolute Gasteiger partial charge is 0.267 e. The van der Waals surface area contributed by atoms with Crippen LogP contribution in [0.2, 0.25) is 0 Å². The fourth-order valence-corrected chi connectivity index (χ4v) is 3.99. The first-order valence-electron chi connectivity index (χ1n) is 8.81. The Balaban J connectivity index is 1.62. The number of hydrogen-bond donors (Lipinski definition) is 0. The van der Waals surface area contributed by atoms with Crippen LogP contribution in [0.15, 0.2) is 92.4 Å². The molecule has 0 spiro atoms. The number of nitrogens with zero attached hydrogens (tertiary/aromatic N) is 3. The van der Waals surface area contributed by atoms with Crippen LogP contribution in [0.3, 0.4) is 0 Å². The summed E-state index contributed by atoms with van der Waals surface area (Å²) in [4.78, 5) is 23.6. The number of amidine groups is 1. The summed E-state index contributed by atoms with van der Waals surface area (Å²) in [5.41, 5.74) is 1.66. The molecular formula is C22H16BrN3O2S. The Labute approximate surface area is 181 Å². The summed E-state index contributed by atoms with van der Waals surface area (Å²) in [6, 6.07) is 15.3. The van der Waals surface area contributed by atoms with E-state index < -0.39 is 0 Å². The highest BCUT2D eigenvalue weighted by molar-refractivity contribution is 9.10. The van der Waals surface area contributed by atoms with Crippen molar-refractivity contribution in [1.82, 2.24) is 9.88 Å². The van der Waals surface area contributed by atoms with Gasteiger partial charge in [-0.05, 0) is 48.2 Å². The second-order valence-corrected chi connectivity index (χ2v) is 8.05. The molecular weight excluding hydrogens is 450 g/mol. The van der Waals surface area contributed by atoms with Gasteiger partial charge in [-0.2, -0.15) is 0 Å². The molecule has 144 valence electrons. The molecule has 3 heterocycles. The number of halogens is 1. The van der Waals surface area contributed by atoms with Gasteiger partial charge in [0, 0.05) is 28.9 Å². The van der Waals surface area contributed by atoms with E-state index >= 15 is 0 Å². The van der Waals surface area contributed by atoms with Gasteiger partial charge in [0.1, 0.15) is 11.5 Å². The minimum atomic E-state index is -0.126. The predicted octanol–water partition coefficient (Wildman–Crippen LogP) is 5.89. The molecule has 0 aliphatic carbocycles. The van der Waals surface area contributed by atoms with Crippen molar-refractivity contribution >= 4 is 50.5 Å². The second kappa shape index (κ2) is 8.63. The Morgan fingerprint density at radius 2 is 2.03 bits per heavy atom. The number of thioether (sulfide) groups is 1. The van der Waals surface area contributed by atoms with Crippen LogP contribution in [0.5, 0.6) is 0 Å². The molecule has 1 aromatic carbocycles. The van der Waals surface area contributed by atoms with Gasteiger partial charge in [-0.1, -0.05) is 34.1 Å². The molecule has 1 aliphatic heterocycles. The van der Waals surface area contributed by atoms with E-state index in [1.807, 2.05) is 48.5 Å². The monoisotopic (exact) mass is 465 g/mol. The van der Waals surface area contributed by atoms with E-state index in [1.165, 1.54) is 11.8 Å². The molecule has 1 saturated heterocycles. The van der Waals surface area contributed by atoms with E-state index in [0.29, 0.717) is 28.1 Å². The molecule has 4 rings (SSSR count). The Kier molecular flexibility index (Phi) is 5.78. The van der Waals surface area contributed by atoms with E-state index in [4.69, 9.17) is 4.42 Å². The molecule has 0 bridgehead atoms. The average molecular weight is 466 g/mol. The molecule has 1 aliphatic rings. The Hall–Kier alpha value is -2.90. The summed E-state index contributed by atoms with van der Waals surface area (Å²) in [6.45, 7) is 4.12. The van der Waals surface area contributed by atoms with Gasteiger partial charge in [-0.3, -0.25) is 14.7 Å². The van der Waals surface area contributed by atoms with Gasteiger partial charge in [0.25, 0.3) is 5.91 Å². The van der Waals surface area contributed by atoms with Crippen molar-refractivity contribution in [1.29, 1.82) is 0 Å².